The predicted molar refractivity (Wildman–Crippen MR) is 84.8 cm³/mol. The average Bonchev–Trinajstić information content (AvgIpc) is 2.44. The Morgan fingerprint density at radius 1 is 1.15 bits per heavy atom. The molecule has 1 aromatic carbocycles. The molecule has 0 saturated carbocycles. The number of sulfone groups is 1. The fourth-order valence-corrected chi connectivity index (χ4v) is 3.40. The van der Waals surface area contributed by atoms with E-state index in [4.69, 9.17) is 5.73 Å². The molecule has 1 aromatic rings. The fraction of sp³-hybridized carbons (Fsp3) is 0.600. The third-order valence-electron chi connectivity index (χ3n) is 3.25. The maximum absolute atomic E-state index is 11.9. The van der Waals surface area contributed by atoms with Gasteiger partial charge in [-0.05, 0) is 37.1 Å². The van der Waals surface area contributed by atoms with Crippen LogP contribution in [0.5, 0.6) is 0 Å². The summed E-state index contributed by atoms with van der Waals surface area (Å²) in [4.78, 5) is 0.391. The van der Waals surface area contributed by atoms with Gasteiger partial charge in [-0.25, -0.2) is 8.42 Å². The SMILES string of the molecule is CCCCC(CN)Nc1ccc(S(=O)(=O)CCC)cc1. The van der Waals surface area contributed by atoms with Crippen molar-refractivity contribution in [1.82, 2.24) is 0 Å². The molecule has 0 radical (unpaired) electrons. The van der Waals surface area contributed by atoms with Gasteiger partial charge in [-0.1, -0.05) is 26.7 Å². The van der Waals surface area contributed by atoms with Crippen molar-refractivity contribution in [2.24, 2.45) is 5.73 Å². The Labute approximate surface area is 122 Å². The van der Waals surface area contributed by atoms with Crippen molar-refractivity contribution < 1.29 is 8.42 Å². The molecule has 114 valence electrons. The first-order valence-electron chi connectivity index (χ1n) is 7.33. The second-order valence-electron chi connectivity index (χ2n) is 5.06. The normalized spacial score (nSPS) is 13.2. The van der Waals surface area contributed by atoms with E-state index >= 15 is 0 Å². The van der Waals surface area contributed by atoms with Crippen LogP contribution in [0.15, 0.2) is 29.2 Å². The largest absolute Gasteiger partial charge is 0.381 e. The minimum absolute atomic E-state index is 0.196. The summed E-state index contributed by atoms with van der Waals surface area (Å²) in [7, 11) is -3.13. The minimum atomic E-state index is -3.13. The van der Waals surface area contributed by atoms with Crippen LogP contribution in [0.4, 0.5) is 5.69 Å². The lowest BCUT2D eigenvalue weighted by atomic mass is 10.1. The van der Waals surface area contributed by atoms with Crippen molar-refractivity contribution in [2.75, 3.05) is 17.6 Å². The standard InChI is InChI=1S/C15H26N2O2S/c1-3-5-6-14(12-16)17-13-7-9-15(10-8-13)20(18,19)11-4-2/h7-10,14,17H,3-6,11-12,16H2,1-2H3. The monoisotopic (exact) mass is 298 g/mol. The molecule has 1 unspecified atom stereocenters. The Bertz CT molecular complexity index is 483. The van der Waals surface area contributed by atoms with Crippen molar-refractivity contribution in [1.29, 1.82) is 0 Å². The van der Waals surface area contributed by atoms with Gasteiger partial charge in [0.05, 0.1) is 10.6 Å². The zero-order valence-electron chi connectivity index (χ0n) is 12.4. The number of nitrogens with one attached hydrogen (secondary N) is 1. The van der Waals surface area contributed by atoms with E-state index in [1.54, 1.807) is 12.1 Å². The molecular formula is C15H26N2O2S. The highest BCUT2D eigenvalue weighted by Gasteiger charge is 2.13. The topological polar surface area (TPSA) is 72.2 Å². The van der Waals surface area contributed by atoms with Crippen molar-refractivity contribution in [2.45, 2.75) is 50.5 Å². The number of unbranched alkanes of at least 4 members (excludes halogenated alkanes) is 1. The third kappa shape index (κ3) is 5.13. The van der Waals surface area contributed by atoms with E-state index < -0.39 is 9.84 Å². The van der Waals surface area contributed by atoms with Gasteiger partial charge in [0.15, 0.2) is 9.84 Å². The highest BCUT2D eigenvalue weighted by molar-refractivity contribution is 7.91. The Balaban J connectivity index is 2.71. The number of hydrogen-bond donors (Lipinski definition) is 2. The first-order valence-corrected chi connectivity index (χ1v) is 8.98. The summed E-state index contributed by atoms with van der Waals surface area (Å²) in [6.45, 7) is 4.60. The van der Waals surface area contributed by atoms with Crippen LogP contribution in [0.25, 0.3) is 0 Å². The molecule has 0 bridgehead atoms. The quantitative estimate of drug-likeness (QED) is 0.735. The highest BCUT2D eigenvalue weighted by atomic mass is 32.2. The van der Waals surface area contributed by atoms with Crippen molar-refractivity contribution in [3.05, 3.63) is 24.3 Å². The van der Waals surface area contributed by atoms with Crippen molar-refractivity contribution in [3.8, 4) is 0 Å². The molecule has 0 aromatic heterocycles. The van der Waals surface area contributed by atoms with E-state index in [1.807, 2.05) is 19.1 Å². The summed E-state index contributed by atoms with van der Waals surface area (Å²) < 4.78 is 23.8. The van der Waals surface area contributed by atoms with Crippen LogP contribution in [0.1, 0.15) is 39.5 Å². The van der Waals surface area contributed by atoms with Crippen LogP contribution in [-0.4, -0.2) is 26.8 Å². The molecule has 0 amide bonds. The molecule has 0 aliphatic carbocycles. The van der Waals surface area contributed by atoms with Gasteiger partial charge in [-0.2, -0.15) is 0 Å². The Kier molecular flexibility index (Phi) is 7.02. The van der Waals surface area contributed by atoms with E-state index in [2.05, 4.69) is 12.2 Å². The molecule has 0 aliphatic rings. The molecule has 0 heterocycles. The van der Waals surface area contributed by atoms with Crippen LogP contribution in [0, 0.1) is 0 Å². The lowest BCUT2D eigenvalue weighted by molar-refractivity contribution is 0.594. The van der Waals surface area contributed by atoms with Gasteiger partial charge in [-0.3, -0.25) is 0 Å². The summed E-state index contributed by atoms with van der Waals surface area (Å²) in [6, 6.07) is 7.21. The maximum Gasteiger partial charge on any atom is 0.178 e. The van der Waals surface area contributed by atoms with Gasteiger partial charge in [0.2, 0.25) is 0 Å². The van der Waals surface area contributed by atoms with E-state index in [0.29, 0.717) is 17.9 Å². The molecule has 5 heteroatoms. The molecule has 4 nitrogen and oxygen atoms in total. The number of anilines is 1. The molecule has 0 saturated heterocycles. The van der Waals surface area contributed by atoms with Gasteiger partial charge in [0.1, 0.15) is 0 Å². The molecule has 20 heavy (non-hydrogen) atoms. The zero-order chi connectivity index (χ0) is 15.0. The Morgan fingerprint density at radius 3 is 2.30 bits per heavy atom. The first-order chi connectivity index (χ1) is 9.53. The van der Waals surface area contributed by atoms with Crippen LogP contribution >= 0.6 is 0 Å². The molecule has 3 N–H and O–H groups in total. The van der Waals surface area contributed by atoms with Crippen LogP contribution in [0.2, 0.25) is 0 Å². The fourth-order valence-electron chi connectivity index (χ4n) is 2.08. The van der Waals surface area contributed by atoms with E-state index in [0.717, 1.165) is 24.9 Å². The lowest BCUT2D eigenvalue weighted by Crippen LogP contribution is -2.28. The molecule has 0 fully saturated rings. The molecule has 1 atom stereocenters. The number of hydrogen-bond acceptors (Lipinski definition) is 4. The second-order valence-corrected chi connectivity index (χ2v) is 7.17. The summed E-state index contributed by atoms with van der Waals surface area (Å²) in [6.07, 6.45) is 3.95. The lowest BCUT2D eigenvalue weighted by Gasteiger charge is -2.18. The Hall–Kier alpha value is -1.07. The van der Waals surface area contributed by atoms with Crippen LogP contribution in [0.3, 0.4) is 0 Å². The van der Waals surface area contributed by atoms with Gasteiger partial charge < -0.3 is 11.1 Å². The molecular weight excluding hydrogens is 272 g/mol. The van der Waals surface area contributed by atoms with Crippen molar-refractivity contribution >= 4 is 15.5 Å². The minimum Gasteiger partial charge on any atom is -0.381 e. The van der Waals surface area contributed by atoms with Gasteiger partial charge >= 0.3 is 0 Å². The Morgan fingerprint density at radius 2 is 1.80 bits per heavy atom. The van der Waals surface area contributed by atoms with E-state index in [1.165, 1.54) is 0 Å². The van der Waals surface area contributed by atoms with E-state index in [-0.39, 0.29) is 11.8 Å². The molecule has 0 spiro atoms. The number of rotatable bonds is 9. The zero-order valence-corrected chi connectivity index (χ0v) is 13.2. The van der Waals surface area contributed by atoms with E-state index in [9.17, 15) is 8.42 Å². The predicted octanol–water partition coefficient (Wildman–Crippen LogP) is 2.80. The summed E-state index contributed by atoms with van der Waals surface area (Å²) in [5.41, 5.74) is 6.66. The summed E-state index contributed by atoms with van der Waals surface area (Å²) in [5, 5.41) is 3.35. The summed E-state index contributed by atoms with van der Waals surface area (Å²) in [5.74, 6) is 0.196. The molecule has 0 aliphatic heterocycles. The maximum atomic E-state index is 11.9. The highest BCUT2D eigenvalue weighted by Crippen LogP contribution is 2.17. The van der Waals surface area contributed by atoms with Gasteiger partial charge in [-0.15, -0.1) is 0 Å². The number of benzene rings is 1. The van der Waals surface area contributed by atoms with Gasteiger partial charge in [0.25, 0.3) is 0 Å². The first kappa shape index (κ1) is 17.0. The summed E-state index contributed by atoms with van der Waals surface area (Å²) >= 11 is 0. The second kappa shape index (κ2) is 8.27. The third-order valence-corrected chi connectivity index (χ3v) is 5.18. The van der Waals surface area contributed by atoms with Gasteiger partial charge in [0, 0.05) is 18.3 Å². The number of nitrogens with two attached hydrogens (primary N) is 1. The van der Waals surface area contributed by atoms with Crippen LogP contribution in [-0.2, 0) is 9.84 Å². The molecule has 1 rings (SSSR count). The van der Waals surface area contributed by atoms with Crippen molar-refractivity contribution in [3.63, 3.8) is 0 Å². The average molecular weight is 298 g/mol. The smallest absolute Gasteiger partial charge is 0.178 e. The van der Waals surface area contributed by atoms with Crippen LogP contribution < -0.4 is 11.1 Å².